The van der Waals surface area contributed by atoms with Crippen LogP contribution < -0.4 is 10.1 Å². The second-order valence-electron chi connectivity index (χ2n) is 5.37. The van der Waals surface area contributed by atoms with E-state index in [0.29, 0.717) is 6.54 Å². The molecule has 1 fully saturated rings. The molecule has 1 aliphatic heterocycles. The molecule has 0 bridgehead atoms. The molecule has 0 saturated carbocycles. The van der Waals surface area contributed by atoms with Crippen LogP contribution in [0.15, 0.2) is 47.1 Å². The van der Waals surface area contributed by atoms with Gasteiger partial charge < -0.3 is 19.4 Å². The van der Waals surface area contributed by atoms with Crippen molar-refractivity contribution in [3.05, 3.63) is 54.0 Å². The summed E-state index contributed by atoms with van der Waals surface area (Å²) in [5, 5.41) is 2.92. The molecule has 22 heavy (non-hydrogen) atoms. The molecule has 1 aliphatic rings. The molecule has 1 atom stereocenters. The third kappa shape index (κ3) is 3.08. The molecule has 116 valence electrons. The molecule has 0 spiro atoms. The second-order valence-corrected chi connectivity index (χ2v) is 5.37. The highest BCUT2D eigenvalue weighted by atomic mass is 16.5. The van der Waals surface area contributed by atoms with Crippen LogP contribution in [-0.2, 0) is 6.54 Å². The lowest BCUT2D eigenvalue weighted by Gasteiger charge is -2.25. The zero-order chi connectivity index (χ0) is 15.4. The van der Waals surface area contributed by atoms with Crippen molar-refractivity contribution < 1.29 is 13.9 Å². The van der Waals surface area contributed by atoms with E-state index in [0.717, 1.165) is 36.5 Å². The van der Waals surface area contributed by atoms with Gasteiger partial charge in [0.2, 0.25) is 0 Å². The molecule has 5 nitrogen and oxygen atoms in total. The predicted octanol–water partition coefficient (Wildman–Crippen LogP) is 3.33. The van der Waals surface area contributed by atoms with Crippen molar-refractivity contribution in [2.75, 3.05) is 13.7 Å². The summed E-state index contributed by atoms with van der Waals surface area (Å²) >= 11 is 0. The van der Waals surface area contributed by atoms with Crippen molar-refractivity contribution in [2.45, 2.75) is 25.4 Å². The van der Waals surface area contributed by atoms with E-state index in [4.69, 9.17) is 9.15 Å². The first-order valence-electron chi connectivity index (χ1n) is 7.49. The van der Waals surface area contributed by atoms with E-state index < -0.39 is 0 Å². The van der Waals surface area contributed by atoms with Crippen LogP contribution in [0.25, 0.3) is 0 Å². The molecule has 1 N–H and O–H groups in total. The fraction of sp³-hybridized carbons (Fsp3) is 0.353. The van der Waals surface area contributed by atoms with Crippen LogP contribution in [0.4, 0.5) is 4.79 Å². The summed E-state index contributed by atoms with van der Waals surface area (Å²) in [4.78, 5) is 14.3. The Bertz CT molecular complexity index is 625. The average molecular weight is 300 g/mol. The number of methoxy groups -OCH3 is 1. The Hall–Kier alpha value is -2.43. The Balaban J connectivity index is 1.68. The summed E-state index contributed by atoms with van der Waals surface area (Å²) in [6, 6.07) is 11.6. The maximum absolute atomic E-state index is 12.4. The van der Waals surface area contributed by atoms with Gasteiger partial charge in [-0.2, -0.15) is 0 Å². The minimum atomic E-state index is -0.0540. The Morgan fingerprint density at radius 1 is 1.41 bits per heavy atom. The summed E-state index contributed by atoms with van der Waals surface area (Å²) in [5.74, 6) is 1.57. The molecule has 3 rings (SSSR count). The highest BCUT2D eigenvalue weighted by molar-refractivity contribution is 5.75. The van der Waals surface area contributed by atoms with E-state index in [9.17, 15) is 4.79 Å². The molecule has 0 radical (unpaired) electrons. The van der Waals surface area contributed by atoms with Gasteiger partial charge in [-0.25, -0.2) is 4.79 Å². The van der Waals surface area contributed by atoms with E-state index >= 15 is 0 Å². The van der Waals surface area contributed by atoms with Gasteiger partial charge in [-0.3, -0.25) is 0 Å². The third-order valence-electron chi connectivity index (χ3n) is 3.99. The number of furan rings is 1. The molecular weight excluding hydrogens is 280 g/mol. The molecule has 0 aliphatic carbocycles. The zero-order valence-corrected chi connectivity index (χ0v) is 12.6. The van der Waals surface area contributed by atoms with Gasteiger partial charge in [0.25, 0.3) is 0 Å². The first kappa shape index (κ1) is 14.5. The Morgan fingerprint density at radius 3 is 3.09 bits per heavy atom. The van der Waals surface area contributed by atoms with Crippen LogP contribution in [0, 0.1) is 0 Å². The van der Waals surface area contributed by atoms with Gasteiger partial charge in [0, 0.05) is 6.54 Å². The number of carbonyl (C=O) groups is 1. The fourth-order valence-corrected chi connectivity index (χ4v) is 2.88. The van der Waals surface area contributed by atoms with Crippen molar-refractivity contribution in [3.8, 4) is 5.75 Å². The number of rotatable bonds is 4. The molecule has 2 heterocycles. The van der Waals surface area contributed by atoms with Gasteiger partial charge in [0.15, 0.2) is 0 Å². The minimum absolute atomic E-state index is 0.0540. The van der Waals surface area contributed by atoms with E-state index in [1.54, 1.807) is 13.4 Å². The quantitative estimate of drug-likeness (QED) is 0.942. The van der Waals surface area contributed by atoms with Gasteiger partial charge in [0.05, 0.1) is 26.0 Å². The number of ether oxygens (including phenoxy) is 1. The van der Waals surface area contributed by atoms with Crippen molar-refractivity contribution in [1.29, 1.82) is 0 Å². The molecular formula is C17H20N2O3. The lowest BCUT2D eigenvalue weighted by Crippen LogP contribution is -2.39. The summed E-state index contributed by atoms with van der Waals surface area (Å²) < 4.78 is 10.5. The standard InChI is InChI=1S/C17H20N2O3/c1-21-14-6-2-5-13(11-14)16-8-3-9-19(16)17(20)18-12-15-7-4-10-22-15/h2,4-7,10-11,16H,3,8-9,12H2,1H3,(H,18,20). The smallest absolute Gasteiger partial charge is 0.318 e. The number of carbonyl (C=O) groups excluding carboxylic acids is 1. The van der Waals surface area contributed by atoms with Gasteiger partial charge >= 0.3 is 6.03 Å². The van der Waals surface area contributed by atoms with Gasteiger partial charge in [-0.1, -0.05) is 12.1 Å². The SMILES string of the molecule is COc1cccc(C2CCCN2C(=O)NCc2ccco2)c1. The van der Waals surface area contributed by atoms with E-state index in [2.05, 4.69) is 5.32 Å². The van der Waals surface area contributed by atoms with Crippen LogP contribution in [-0.4, -0.2) is 24.6 Å². The number of likely N-dealkylation sites (tertiary alicyclic amines) is 1. The van der Waals surface area contributed by atoms with Crippen LogP contribution in [0.2, 0.25) is 0 Å². The number of hydrogen-bond acceptors (Lipinski definition) is 3. The Kier molecular flexibility index (Phi) is 4.32. The Labute approximate surface area is 129 Å². The first-order valence-corrected chi connectivity index (χ1v) is 7.49. The molecule has 1 saturated heterocycles. The van der Waals surface area contributed by atoms with Gasteiger partial charge in [-0.15, -0.1) is 0 Å². The molecule has 2 amide bonds. The average Bonchev–Trinajstić information content (AvgIpc) is 3.24. The second kappa shape index (κ2) is 6.56. The largest absolute Gasteiger partial charge is 0.497 e. The highest BCUT2D eigenvalue weighted by Gasteiger charge is 2.30. The molecule has 2 aromatic rings. The van der Waals surface area contributed by atoms with Crippen LogP contribution in [0.1, 0.15) is 30.2 Å². The number of hydrogen-bond donors (Lipinski definition) is 1. The number of amides is 2. The maximum atomic E-state index is 12.4. The highest BCUT2D eigenvalue weighted by Crippen LogP contribution is 2.33. The number of nitrogens with one attached hydrogen (secondary N) is 1. The third-order valence-corrected chi connectivity index (χ3v) is 3.99. The summed E-state index contributed by atoms with van der Waals surface area (Å²) in [6.07, 6.45) is 3.59. The van der Waals surface area contributed by atoms with Crippen molar-refractivity contribution in [2.24, 2.45) is 0 Å². The van der Waals surface area contributed by atoms with Crippen LogP contribution >= 0.6 is 0 Å². The van der Waals surface area contributed by atoms with Crippen molar-refractivity contribution >= 4 is 6.03 Å². The molecule has 1 unspecified atom stereocenters. The summed E-state index contributed by atoms with van der Waals surface area (Å²) in [7, 11) is 1.65. The topological polar surface area (TPSA) is 54.7 Å². The lowest BCUT2D eigenvalue weighted by atomic mass is 10.0. The normalized spacial score (nSPS) is 17.5. The monoisotopic (exact) mass is 300 g/mol. The first-order chi connectivity index (χ1) is 10.8. The molecule has 5 heteroatoms. The van der Waals surface area contributed by atoms with Crippen LogP contribution in [0.5, 0.6) is 5.75 Å². The number of nitrogens with zero attached hydrogens (tertiary/aromatic N) is 1. The minimum Gasteiger partial charge on any atom is -0.497 e. The fourth-order valence-electron chi connectivity index (χ4n) is 2.88. The molecule has 1 aromatic carbocycles. The van der Waals surface area contributed by atoms with Gasteiger partial charge in [-0.05, 0) is 42.7 Å². The van der Waals surface area contributed by atoms with E-state index in [1.807, 2.05) is 41.3 Å². The lowest BCUT2D eigenvalue weighted by molar-refractivity contribution is 0.191. The van der Waals surface area contributed by atoms with Gasteiger partial charge in [0.1, 0.15) is 11.5 Å². The number of urea groups is 1. The predicted molar refractivity (Wildman–Crippen MR) is 82.6 cm³/mol. The van der Waals surface area contributed by atoms with E-state index in [1.165, 1.54) is 0 Å². The summed E-state index contributed by atoms with van der Waals surface area (Å²) in [6.45, 7) is 1.18. The molecule has 1 aromatic heterocycles. The van der Waals surface area contributed by atoms with Crippen molar-refractivity contribution in [3.63, 3.8) is 0 Å². The van der Waals surface area contributed by atoms with Crippen LogP contribution in [0.3, 0.4) is 0 Å². The maximum Gasteiger partial charge on any atom is 0.318 e. The number of benzene rings is 1. The Morgan fingerprint density at radius 2 is 2.32 bits per heavy atom. The van der Waals surface area contributed by atoms with E-state index in [-0.39, 0.29) is 12.1 Å². The summed E-state index contributed by atoms with van der Waals surface area (Å²) in [5.41, 5.74) is 1.12. The van der Waals surface area contributed by atoms with Crippen molar-refractivity contribution in [1.82, 2.24) is 10.2 Å². The zero-order valence-electron chi connectivity index (χ0n) is 12.6.